The fraction of sp³-hybridized carbons (Fsp3) is 0.375. The molecule has 0 spiro atoms. The maximum atomic E-state index is 10.9. The number of nitrogens with two attached hydrogens (primary N) is 1. The minimum atomic E-state index is -0.732. The number of esters is 1. The van der Waals surface area contributed by atoms with Crippen molar-refractivity contribution in [3.8, 4) is 0 Å². The van der Waals surface area contributed by atoms with Crippen molar-refractivity contribution < 1.29 is 14.3 Å². The molecule has 0 aromatic heterocycles. The van der Waals surface area contributed by atoms with Crippen molar-refractivity contribution in [3.05, 3.63) is 24.8 Å². The van der Waals surface area contributed by atoms with E-state index in [4.69, 9.17) is 10.5 Å². The molecule has 4 nitrogen and oxygen atoms in total. The molecular formula is C8H11NO3. The van der Waals surface area contributed by atoms with Crippen LogP contribution in [-0.2, 0) is 14.3 Å². The van der Waals surface area contributed by atoms with E-state index in [0.717, 1.165) is 0 Å². The molecule has 4 heteroatoms. The topological polar surface area (TPSA) is 61.5 Å². The number of ether oxygens (including phenoxy) is 2. The highest BCUT2D eigenvalue weighted by Gasteiger charge is 2.36. The van der Waals surface area contributed by atoms with Crippen molar-refractivity contribution in [2.24, 2.45) is 5.73 Å². The van der Waals surface area contributed by atoms with E-state index in [9.17, 15) is 4.79 Å². The second-order valence-corrected chi connectivity index (χ2v) is 2.44. The van der Waals surface area contributed by atoms with E-state index in [-0.39, 0.29) is 5.57 Å². The van der Waals surface area contributed by atoms with Crippen LogP contribution in [0.25, 0.3) is 0 Å². The SMILES string of the molecule is C=CCOC1C(=C)C(=O)O[C@H]1N. The summed E-state index contributed by atoms with van der Waals surface area (Å²) < 4.78 is 9.82. The number of hydrogen-bond donors (Lipinski definition) is 1. The molecule has 1 rings (SSSR count). The number of carbonyl (C=O) groups is 1. The quantitative estimate of drug-likeness (QED) is 0.365. The van der Waals surface area contributed by atoms with Gasteiger partial charge in [0.05, 0.1) is 12.2 Å². The van der Waals surface area contributed by atoms with E-state index < -0.39 is 18.3 Å². The molecule has 0 bridgehead atoms. The van der Waals surface area contributed by atoms with Gasteiger partial charge in [0, 0.05) is 0 Å². The van der Waals surface area contributed by atoms with Crippen LogP contribution in [0.2, 0.25) is 0 Å². The van der Waals surface area contributed by atoms with Gasteiger partial charge < -0.3 is 9.47 Å². The predicted octanol–water partition coefficient (Wildman–Crippen LogP) is -0.0446. The van der Waals surface area contributed by atoms with Crippen LogP contribution in [0.15, 0.2) is 24.8 Å². The molecule has 0 aliphatic carbocycles. The molecule has 2 atom stereocenters. The summed E-state index contributed by atoms with van der Waals surface area (Å²) in [6.07, 6.45) is 0.309. The molecule has 0 saturated carbocycles. The summed E-state index contributed by atoms with van der Waals surface area (Å²) in [4.78, 5) is 10.9. The van der Waals surface area contributed by atoms with E-state index in [1.165, 1.54) is 0 Å². The smallest absolute Gasteiger partial charge is 0.337 e. The number of rotatable bonds is 3. The Kier molecular flexibility index (Phi) is 2.62. The molecule has 1 saturated heterocycles. The normalized spacial score (nSPS) is 28.8. The zero-order valence-corrected chi connectivity index (χ0v) is 6.66. The van der Waals surface area contributed by atoms with E-state index in [1.54, 1.807) is 6.08 Å². The average molecular weight is 169 g/mol. The molecule has 1 fully saturated rings. The fourth-order valence-electron chi connectivity index (χ4n) is 0.943. The van der Waals surface area contributed by atoms with Gasteiger partial charge in [0.15, 0.2) is 6.23 Å². The lowest BCUT2D eigenvalue weighted by Gasteiger charge is -2.12. The summed E-state index contributed by atoms with van der Waals surface area (Å²) in [6, 6.07) is 0. The first-order valence-electron chi connectivity index (χ1n) is 3.54. The number of cyclic esters (lactones) is 1. The van der Waals surface area contributed by atoms with Crippen LogP contribution in [0.1, 0.15) is 0 Å². The lowest BCUT2D eigenvalue weighted by atomic mass is 10.2. The highest BCUT2D eigenvalue weighted by molar-refractivity contribution is 5.91. The first kappa shape index (κ1) is 8.96. The zero-order chi connectivity index (χ0) is 9.14. The average Bonchev–Trinajstić information content (AvgIpc) is 2.25. The molecule has 1 aliphatic rings. The van der Waals surface area contributed by atoms with E-state index in [1.807, 2.05) is 0 Å². The Hall–Kier alpha value is -1.13. The van der Waals surface area contributed by atoms with Crippen LogP contribution in [0.3, 0.4) is 0 Å². The highest BCUT2D eigenvalue weighted by Crippen LogP contribution is 2.19. The van der Waals surface area contributed by atoms with Gasteiger partial charge in [0.1, 0.15) is 6.10 Å². The maximum Gasteiger partial charge on any atom is 0.337 e. The van der Waals surface area contributed by atoms with Crippen LogP contribution >= 0.6 is 0 Å². The fourth-order valence-corrected chi connectivity index (χ4v) is 0.943. The molecule has 1 heterocycles. The first-order valence-corrected chi connectivity index (χ1v) is 3.54. The Bertz CT molecular complexity index is 224. The number of carbonyl (C=O) groups excluding carboxylic acids is 1. The number of hydrogen-bond acceptors (Lipinski definition) is 4. The van der Waals surface area contributed by atoms with E-state index >= 15 is 0 Å². The third kappa shape index (κ3) is 1.54. The Balaban J connectivity index is 2.57. The van der Waals surface area contributed by atoms with Gasteiger partial charge in [-0.15, -0.1) is 6.58 Å². The summed E-state index contributed by atoms with van der Waals surface area (Å²) in [5, 5.41) is 0. The second-order valence-electron chi connectivity index (χ2n) is 2.44. The second kappa shape index (κ2) is 3.51. The van der Waals surface area contributed by atoms with E-state index in [2.05, 4.69) is 17.9 Å². The van der Waals surface area contributed by atoms with Gasteiger partial charge in [-0.2, -0.15) is 0 Å². The Morgan fingerprint density at radius 3 is 2.83 bits per heavy atom. The van der Waals surface area contributed by atoms with E-state index in [0.29, 0.717) is 6.61 Å². The Morgan fingerprint density at radius 1 is 1.75 bits per heavy atom. The van der Waals surface area contributed by atoms with Gasteiger partial charge in [-0.05, 0) is 0 Å². The summed E-state index contributed by atoms with van der Waals surface area (Å²) >= 11 is 0. The van der Waals surface area contributed by atoms with Gasteiger partial charge in [0.2, 0.25) is 0 Å². The third-order valence-corrected chi connectivity index (χ3v) is 1.54. The van der Waals surface area contributed by atoms with Gasteiger partial charge in [-0.3, -0.25) is 5.73 Å². The van der Waals surface area contributed by atoms with Gasteiger partial charge in [-0.25, -0.2) is 4.79 Å². The molecule has 2 N–H and O–H groups in total. The van der Waals surface area contributed by atoms with Crippen molar-refractivity contribution in [2.45, 2.75) is 12.3 Å². The van der Waals surface area contributed by atoms with Crippen LogP contribution in [0, 0.1) is 0 Å². The zero-order valence-electron chi connectivity index (χ0n) is 6.66. The maximum absolute atomic E-state index is 10.9. The van der Waals surface area contributed by atoms with Crippen molar-refractivity contribution in [1.82, 2.24) is 0 Å². The molecule has 66 valence electrons. The third-order valence-electron chi connectivity index (χ3n) is 1.54. The van der Waals surface area contributed by atoms with Gasteiger partial charge in [-0.1, -0.05) is 12.7 Å². The van der Waals surface area contributed by atoms with Gasteiger partial charge >= 0.3 is 5.97 Å². The Labute approximate surface area is 70.6 Å². The first-order chi connectivity index (χ1) is 5.66. The molecule has 0 amide bonds. The summed E-state index contributed by atoms with van der Waals surface area (Å²) in [5.41, 5.74) is 5.71. The lowest BCUT2D eigenvalue weighted by Crippen LogP contribution is -2.33. The minimum absolute atomic E-state index is 0.268. The standard InChI is InChI=1S/C8H11NO3/c1-3-4-11-6-5(2)8(10)12-7(6)9/h3,6-7H,1-2,4,9H2/t6?,7-/m1/s1. The molecule has 1 aliphatic heterocycles. The molecule has 0 radical (unpaired) electrons. The van der Waals surface area contributed by atoms with Crippen LogP contribution < -0.4 is 5.73 Å². The van der Waals surface area contributed by atoms with Crippen molar-refractivity contribution in [3.63, 3.8) is 0 Å². The van der Waals surface area contributed by atoms with Crippen LogP contribution in [-0.4, -0.2) is 24.9 Å². The molecule has 1 unspecified atom stereocenters. The van der Waals surface area contributed by atoms with Crippen molar-refractivity contribution >= 4 is 5.97 Å². The molecule has 0 aromatic rings. The van der Waals surface area contributed by atoms with Crippen LogP contribution in [0.4, 0.5) is 0 Å². The highest BCUT2D eigenvalue weighted by atomic mass is 16.6. The lowest BCUT2D eigenvalue weighted by molar-refractivity contribution is -0.139. The molecule has 12 heavy (non-hydrogen) atoms. The van der Waals surface area contributed by atoms with Gasteiger partial charge in [0.25, 0.3) is 0 Å². The minimum Gasteiger partial charge on any atom is -0.440 e. The Morgan fingerprint density at radius 2 is 2.42 bits per heavy atom. The summed E-state index contributed by atoms with van der Waals surface area (Å²) in [5.74, 6) is -0.489. The summed E-state index contributed by atoms with van der Waals surface area (Å²) in [6.45, 7) is 7.30. The summed E-state index contributed by atoms with van der Waals surface area (Å²) in [7, 11) is 0. The van der Waals surface area contributed by atoms with Crippen molar-refractivity contribution in [2.75, 3.05) is 6.61 Å². The van der Waals surface area contributed by atoms with Crippen molar-refractivity contribution in [1.29, 1.82) is 0 Å². The molecular weight excluding hydrogens is 158 g/mol. The predicted molar refractivity (Wildman–Crippen MR) is 43.1 cm³/mol. The molecule has 0 aromatic carbocycles. The van der Waals surface area contributed by atoms with Crippen LogP contribution in [0.5, 0.6) is 0 Å². The monoisotopic (exact) mass is 169 g/mol. The largest absolute Gasteiger partial charge is 0.440 e.